The van der Waals surface area contributed by atoms with Crippen LogP contribution in [0.4, 0.5) is 0 Å². The van der Waals surface area contributed by atoms with Gasteiger partial charge in [0.2, 0.25) is 0 Å². The lowest BCUT2D eigenvalue weighted by Gasteiger charge is -2.14. The van der Waals surface area contributed by atoms with Crippen LogP contribution in [0.25, 0.3) is 11.0 Å². The van der Waals surface area contributed by atoms with E-state index in [-0.39, 0.29) is 0 Å². The van der Waals surface area contributed by atoms with E-state index in [1.807, 2.05) is 55.5 Å². The Morgan fingerprint density at radius 3 is 2.79 bits per heavy atom. The molecule has 0 bridgehead atoms. The predicted molar refractivity (Wildman–Crippen MR) is 112 cm³/mol. The number of hydrogen-bond acceptors (Lipinski definition) is 4. The molecule has 5 nitrogen and oxygen atoms in total. The highest BCUT2D eigenvalue weighted by atomic mass is 16.5. The van der Waals surface area contributed by atoms with Crippen LogP contribution in [0.1, 0.15) is 37.3 Å². The van der Waals surface area contributed by atoms with Crippen LogP contribution < -0.4 is 9.47 Å². The van der Waals surface area contributed by atoms with Crippen molar-refractivity contribution in [3.05, 3.63) is 66.5 Å². The lowest BCUT2D eigenvalue weighted by molar-refractivity contribution is 0.158. The van der Waals surface area contributed by atoms with E-state index in [2.05, 4.69) is 16.1 Å². The molecule has 3 rings (SSSR count). The van der Waals surface area contributed by atoms with Crippen LogP contribution in [-0.4, -0.2) is 28.4 Å². The van der Waals surface area contributed by atoms with Crippen molar-refractivity contribution in [2.75, 3.05) is 13.7 Å². The number of aliphatic hydroxyl groups is 1. The summed E-state index contributed by atoms with van der Waals surface area (Å²) in [6.07, 6.45) is 3.53. The highest BCUT2D eigenvalue weighted by Crippen LogP contribution is 2.29. The number of ether oxygens (including phenoxy) is 2. The molecule has 1 N–H and O–H groups in total. The second kappa shape index (κ2) is 9.42. The zero-order valence-electron chi connectivity index (χ0n) is 16.6. The van der Waals surface area contributed by atoms with Gasteiger partial charge in [0.25, 0.3) is 0 Å². The minimum atomic E-state index is -0.564. The van der Waals surface area contributed by atoms with Gasteiger partial charge in [-0.3, -0.25) is 0 Å². The lowest BCUT2D eigenvalue weighted by atomic mass is 10.1. The molecular formula is C23H28N2O3. The maximum Gasteiger partial charge on any atom is 0.161 e. The molecule has 0 spiro atoms. The molecule has 148 valence electrons. The molecule has 0 radical (unpaired) electrons. The highest BCUT2D eigenvalue weighted by Gasteiger charge is 2.16. The summed E-state index contributed by atoms with van der Waals surface area (Å²) in [5.74, 6) is 2.18. The molecule has 2 aromatic carbocycles. The monoisotopic (exact) mass is 380 g/mol. The van der Waals surface area contributed by atoms with Gasteiger partial charge >= 0.3 is 0 Å². The van der Waals surface area contributed by atoms with Crippen molar-refractivity contribution in [1.29, 1.82) is 0 Å². The van der Waals surface area contributed by atoms with Gasteiger partial charge in [-0.15, -0.1) is 6.58 Å². The van der Waals surface area contributed by atoms with Gasteiger partial charge in [-0.05, 0) is 49.1 Å². The van der Waals surface area contributed by atoms with Crippen molar-refractivity contribution in [1.82, 2.24) is 9.55 Å². The van der Waals surface area contributed by atoms with E-state index >= 15 is 0 Å². The number of aryl methyl sites for hydroxylation is 1. The highest BCUT2D eigenvalue weighted by molar-refractivity contribution is 5.76. The van der Waals surface area contributed by atoms with Crippen LogP contribution in [0.5, 0.6) is 11.5 Å². The topological polar surface area (TPSA) is 56.5 Å². The summed E-state index contributed by atoms with van der Waals surface area (Å²) in [4.78, 5) is 4.62. The Bertz CT molecular complexity index is 933. The van der Waals surface area contributed by atoms with Gasteiger partial charge in [0.1, 0.15) is 11.9 Å². The minimum Gasteiger partial charge on any atom is -0.493 e. The van der Waals surface area contributed by atoms with E-state index in [0.717, 1.165) is 53.3 Å². The Hall–Kier alpha value is -2.79. The van der Waals surface area contributed by atoms with Crippen LogP contribution in [0.15, 0.2) is 55.1 Å². The fraction of sp³-hybridized carbons (Fsp3) is 0.348. The molecule has 0 aliphatic carbocycles. The van der Waals surface area contributed by atoms with Crippen molar-refractivity contribution in [2.24, 2.45) is 0 Å². The van der Waals surface area contributed by atoms with E-state index in [0.29, 0.717) is 13.0 Å². The first-order chi connectivity index (χ1) is 13.7. The van der Waals surface area contributed by atoms with Crippen LogP contribution in [0.3, 0.4) is 0 Å². The first-order valence-corrected chi connectivity index (χ1v) is 9.71. The molecular weight excluding hydrogens is 352 g/mol. The summed E-state index contributed by atoms with van der Waals surface area (Å²) in [6, 6.07) is 13.9. The van der Waals surface area contributed by atoms with Gasteiger partial charge in [0, 0.05) is 6.54 Å². The number of benzene rings is 2. The number of allylic oxidation sites excluding steroid dienone is 1. The summed E-state index contributed by atoms with van der Waals surface area (Å²) in [5.41, 5.74) is 3.09. The maximum atomic E-state index is 10.3. The fourth-order valence-corrected chi connectivity index (χ4v) is 3.30. The molecule has 0 aliphatic heterocycles. The number of nitrogens with zero attached hydrogens (tertiary/aromatic N) is 2. The molecule has 0 saturated carbocycles. The Balaban J connectivity index is 1.68. The number of aromatic nitrogens is 2. The SMILES string of the molecule is C=CCc1ccc(OCCCn2c([C@H](O)CC)nc3ccccc32)c(OC)c1. The molecule has 1 atom stereocenters. The van der Waals surface area contributed by atoms with Crippen molar-refractivity contribution in [3.63, 3.8) is 0 Å². The lowest BCUT2D eigenvalue weighted by Crippen LogP contribution is -2.11. The number of methoxy groups -OCH3 is 1. The van der Waals surface area contributed by atoms with E-state index in [1.54, 1.807) is 7.11 Å². The normalized spacial score (nSPS) is 12.1. The predicted octanol–water partition coefficient (Wildman–Crippen LogP) is 4.69. The quantitative estimate of drug-likeness (QED) is 0.410. The summed E-state index contributed by atoms with van der Waals surface area (Å²) in [6.45, 7) is 7.00. The molecule has 0 saturated heterocycles. The molecule has 0 fully saturated rings. The average Bonchev–Trinajstić information content (AvgIpc) is 3.10. The molecule has 1 aromatic heterocycles. The molecule has 5 heteroatoms. The molecule has 0 unspecified atom stereocenters. The van der Waals surface area contributed by atoms with Crippen LogP contribution in [0.2, 0.25) is 0 Å². The molecule has 0 aliphatic rings. The summed E-state index contributed by atoms with van der Waals surface area (Å²) >= 11 is 0. The Kier molecular flexibility index (Phi) is 6.71. The van der Waals surface area contributed by atoms with Gasteiger partial charge in [-0.25, -0.2) is 4.98 Å². The average molecular weight is 380 g/mol. The third kappa shape index (κ3) is 4.37. The second-order valence-electron chi connectivity index (χ2n) is 6.71. The molecule has 3 aromatic rings. The van der Waals surface area contributed by atoms with Gasteiger partial charge in [0.05, 0.1) is 24.8 Å². The Labute approximate surface area is 166 Å². The first-order valence-electron chi connectivity index (χ1n) is 9.71. The maximum absolute atomic E-state index is 10.3. The van der Waals surface area contributed by atoms with Crippen molar-refractivity contribution in [3.8, 4) is 11.5 Å². The molecule has 1 heterocycles. The fourth-order valence-electron chi connectivity index (χ4n) is 3.30. The largest absolute Gasteiger partial charge is 0.493 e. The number of hydrogen-bond donors (Lipinski definition) is 1. The van der Waals surface area contributed by atoms with Crippen molar-refractivity contribution in [2.45, 2.75) is 38.8 Å². The van der Waals surface area contributed by atoms with Crippen LogP contribution in [-0.2, 0) is 13.0 Å². The first kappa shape index (κ1) is 20.0. The second-order valence-corrected chi connectivity index (χ2v) is 6.71. The Morgan fingerprint density at radius 1 is 1.21 bits per heavy atom. The number of aliphatic hydroxyl groups excluding tert-OH is 1. The van der Waals surface area contributed by atoms with E-state index in [9.17, 15) is 5.11 Å². The molecule has 0 amide bonds. The number of imidazole rings is 1. The minimum absolute atomic E-state index is 0.547. The van der Waals surface area contributed by atoms with Gasteiger partial charge in [-0.2, -0.15) is 0 Å². The van der Waals surface area contributed by atoms with Crippen molar-refractivity contribution >= 4 is 11.0 Å². The van der Waals surface area contributed by atoms with E-state index in [4.69, 9.17) is 9.47 Å². The zero-order chi connectivity index (χ0) is 19.9. The van der Waals surface area contributed by atoms with Gasteiger partial charge in [-0.1, -0.05) is 31.2 Å². The van der Waals surface area contributed by atoms with Crippen LogP contribution in [0, 0.1) is 0 Å². The summed E-state index contributed by atoms with van der Waals surface area (Å²) in [7, 11) is 1.65. The van der Waals surface area contributed by atoms with Gasteiger partial charge < -0.3 is 19.1 Å². The smallest absolute Gasteiger partial charge is 0.161 e. The van der Waals surface area contributed by atoms with E-state index in [1.165, 1.54) is 0 Å². The number of rotatable bonds is 10. The number of fused-ring (bicyclic) bond motifs is 1. The summed E-state index contributed by atoms with van der Waals surface area (Å²) < 4.78 is 13.5. The number of para-hydroxylation sites is 2. The third-order valence-corrected chi connectivity index (χ3v) is 4.76. The van der Waals surface area contributed by atoms with E-state index < -0.39 is 6.10 Å². The summed E-state index contributed by atoms with van der Waals surface area (Å²) in [5, 5.41) is 10.3. The molecule has 28 heavy (non-hydrogen) atoms. The van der Waals surface area contributed by atoms with Crippen molar-refractivity contribution < 1.29 is 14.6 Å². The zero-order valence-corrected chi connectivity index (χ0v) is 16.6. The van der Waals surface area contributed by atoms with Gasteiger partial charge in [0.15, 0.2) is 11.5 Å². The standard InChI is InChI=1S/C23H28N2O3/c1-4-9-17-12-13-21(22(16-17)27-3)28-15-8-14-25-19-11-7-6-10-18(19)24-23(25)20(26)5-2/h4,6-7,10-13,16,20,26H,1,5,8-9,14-15H2,2-3H3/t20-/m1/s1. The van der Waals surface area contributed by atoms with Crippen LogP contribution >= 0.6 is 0 Å². The third-order valence-electron chi connectivity index (χ3n) is 4.76. The Morgan fingerprint density at radius 2 is 2.04 bits per heavy atom.